The van der Waals surface area contributed by atoms with Crippen LogP contribution < -0.4 is 0 Å². The number of carboxylic acid groups (broad SMARTS) is 1. The highest BCUT2D eigenvalue weighted by Gasteiger charge is 2.07. The summed E-state index contributed by atoms with van der Waals surface area (Å²) in [5.41, 5.74) is 0.700. The molecule has 0 aliphatic heterocycles. The lowest BCUT2D eigenvalue weighted by Crippen LogP contribution is -1.98. The Morgan fingerprint density at radius 2 is 2.15 bits per heavy atom. The molecule has 0 aliphatic rings. The zero-order chi connectivity index (χ0) is 9.84. The highest BCUT2D eigenvalue weighted by molar-refractivity contribution is 5.92. The summed E-state index contributed by atoms with van der Waals surface area (Å²) in [4.78, 5) is 10.7. The summed E-state index contributed by atoms with van der Waals surface area (Å²) in [6.07, 6.45) is 3.43. The molecule has 0 amide bonds. The van der Waals surface area contributed by atoms with Gasteiger partial charge in [-0.05, 0) is 24.6 Å². The maximum atomic E-state index is 10.7. The molecule has 3 nitrogen and oxygen atoms in total. The van der Waals surface area contributed by atoms with Crippen molar-refractivity contribution in [2.24, 2.45) is 0 Å². The molecule has 13 heavy (non-hydrogen) atoms. The van der Waals surface area contributed by atoms with Gasteiger partial charge in [0.1, 0.15) is 5.75 Å². The lowest BCUT2D eigenvalue weighted by atomic mass is 10.1. The molecule has 0 radical (unpaired) electrons. The lowest BCUT2D eigenvalue weighted by Gasteiger charge is -2.00. The van der Waals surface area contributed by atoms with Gasteiger partial charge >= 0.3 is 5.97 Å². The standard InChI is InChI=1S/C10H10O3/c1-2-3-7-4-5-8(11)6-9(7)10(12)13/h2-6,11H,1H3,(H,12,13). The molecule has 0 spiro atoms. The van der Waals surface area contributed by atoms with Crippen molar-refractivity contribution in [1.29, 1.82) is 0 Å². The number of carbonyl (C=O) groups is 1. The van der Waals surface area contributed by atoms with E-state index in [2.05, 4.69) is 0 Å². The van der Waals surface area contributed by atoms with Crippen molar-refractivity contribution < 1.29 is 15.0 Å². The Morgan fingerprint density at radius 3 is 2.69 bits per heavy atom. The van der Waals surface area contributed by atoms with E-state index in [1.165, 1.54) is 12.1 Å². The summed E-state index contributed by atoms with van der Waals surface area (Å²) in [5, 5.41) is 17.8. The summed E-state index contributed by atoms with van der Waals surface area (Å²) in [6.45, 7) is 1.80. The van der Waals surface area contributed by atoms with E-state index in [9.17, 15) is 4.79 Å². The van der Waals surface area contributed by atoms with Crippen molar-refractivity contribution in [3.63, 3.8) is 0 Å². The number of aromatic carboxylic acids is 1. The highest BCUT2D eigenvalue weighted by Crippen LogP contribution is 2.17. The molecule has 0 fully saturated rings. The minimum atomic E-state index is -1.04. The first-order valence-electron chi connectivity index (χ1n) is 3.84. The number of allylic oxidation sites excluding steroid dienone is 1. The summed E-state index contributed by atoms with van der Waals surface area (Å²) in [7, 11) is 0. The molecule has 0 aromatic heterocycles. The van der Waals surface area contributed by atoms with Gasteiger partial charge in [0.2, 0.25) is 0 Å². The molecular weight excluding hydrogens is 168 g/mol. The molecule has 0 unspecified atom stereocenters. The molecule has 0 atom stereocenters. The van der Waals surface area contributed by atoms with Crippen LogP contribution in [0.3, 0.4) is 0 Å². The Bertz CT molecular complexity index is 353. The van der Waals surface area contributed by atoms with E-state index in [4.69, 9.17) is 10.2 Å². The molecule has 0 heterocycles. The molecule has 0 aliphatic carbocycles. The van der Waals surface area contributed by atoms with E-state index in [1.54, 1.807) is 25.1 Å². The van der Waals surface area contributed by atoms with E-state index in [0.717, 1.165) is 0 Å². The second kappa shape index (κ2) is 3.76. The first-order valence-corrected chi connectivity index (χ1v) is 3.84. The van der Waals surface area contributed by atoms with Gasteiger partial charge in [-0.25, -0.2) is 4.79 Å². The van der Waals surface area contributed by atoms with Gasteiger partial charge in [0, 0.05) is 0 Å². The van der Waals surface area contributed by atoms with E-state index in [0.29, 0.717) is 5.56 Å². The predicted octanol–water partition coefficient (Wildman–Crippen LogP) is 2.12. The van der Waals surface area contributed by atoms with E-state index >= 15 is 0 Å². The van der Waals surface area contributed by atoms with Crippen LogP contribution in [0.5, 0.6) is 5.75 Å². The molecule has 1 aromatic rings. The van der Waals surface area contributed by atoms with Crippen molar-refractivity contribution in [2.45, 2.75) is 6.92 Å². The zero-order valence-corrected chi connectivity index (χ0v) is 7.19. The average Bonchev–Trinajstić information content (AvgIpc) is 2.08. The minimum absolute atomic E-state index is 0.0364. The largest absolute Gasteiger partial charge is 0.508 e. The van der Waals surface area contributed by atoms with Crippen molar-refractivity contribution in [3.05, 3.63) is 35.4 Å². The van der Waals surface area contributed by atoms with Crippen molar-refractivity contribution >= 4 is 12.0 Å². The SMILES string of the molecule is CC=Cc1ccc(O)cc1C(=O)O. The molecule has 2 N–H and O–H groups in total. The van der Waals surface area contributed by atoms with Crippen LogP contribution in [0.25, 0.3) is 6.08 Å². The molecule has 68 valence electrons. The number of carboxylic acids is 1. The topological polar surface area (TPSA) is 57.5 Å². The summed E-state index contributed by atoms with van der Waals surface area (Å²) in [5.74, 6) is -1.07. The molecule has 3 heteroatoms. The van der Waals surface area contributed by atoms with Gasteiger partial charge in [-0.15, -0.1) is 0 Å². The first-order chi connectivity index (χ1) is 6.15. The number of phenols is 1. The summed E-state index contributed by atoms with van der Waals surface area (Å²) < 4.78 is 0. The molecule has 0 saturated carbocycles. The second-order valence-corrected chi connectivity index (χ2v) is 2.58. The first kappa shape index (κ1) is 9.32. The van der Waals surface area contributed by atoms with Gasteiger partial charge in [0.05, 0.1) is 5.56 Å². The van der Waals surface area contributed by atoms with Gasteiger partial charge in [-0.3, -0.25) is 0 Å². The fourth-order valence-electron chi connectivity index (χ4n) is 1.05. The van der Waals surface area contributed by atoms with Gasteiger partial charge < -0.3 is 10.2 Å². The molecule has 1 rings (SSSR count). The lowest BCUT2D eigenvalue weighted by molar-refractivity contribution is 0.0696. The molecule has 1 aromatic carbocycles. The Hall–Kier alpha value is -1.77. The van der Waals surface area contributed by atoms with E-state index < -0.39 is 5.97 Å². The van der Waals surface area contributed by atoms with Crippen LogP contribution in [-0.2, 0) is 0 Å². The van der Waals surface area contributed by atoms with Crippen LogP contribution in [0, 0.1) is 0 Å². The number of aromatic hydroxyl groups is 1. The van der Waals surface area contributed by atoms with Crippen molar-refractivity contribution in [3.8, 4) is 5.75 Å². The fourth-order valence-corrected chi connectivity index (χ4v) is 1.05. The Morgan fingerprint density at radius 1 is 1.46 bits per heavy atom. The third kappa shape index (κ3) is 2.08. The molecular formula is C10H10O3. The van der Waals surface area contributed by atoms with Crippen LogP contribution >= 0.6 is 0 Å². The number of hydrogen-bond acceptors (Lipinski definition) is 2. The third-order valence-corrected chi connectivity index (χ3v) is 1.61. The quantitative estimate of drug-likeness (QED) is 0.729. The van der Waals surface area contributed by atoms with Gasteiger partial charge in [-0.2, -0.15) is 0 Å². The van der Waals surface area contributed by atoms with E-state index in [-0.39, 0.29) is 11.3 Å². The third-order valence-electron chi connectivity index (χ3n) is 1.61. The van der Waals surface area contributed by atoms with Crippen molar-refractivity contribution in [2.75, 3.05) is 0 Å². The van der Waals surface area contributed by atoms with Crippen LogP contribution in [0.1, 0.15) is 22.8 Å². The average molecular weight is 178 g/mol. The smallest absolute Gasteiger partial charge is 0.336 e. The number of rotatable bonds is 2. The highest BCUT2D eigenvalue weighted by atomic mass is 16.4. The van der Waals surface area contributed by atoms with Crippen LogP contribution in [0.4, 0.5) is 0 Å². The van der Waals surface area contributed by atoms with Gasteiger partial charge in [0.25, 0.3) is 0 Å². The summed E-state index contributed by atoms with van der Waals surface area (Å²) in [6, 6.07) is 4.26. The maximum absolute atomic E-state index is 10.7. The number of hydrogen-bond donors (Lipinski definition) is 2. The normalized spacial score (nSPS) is 10.5. The summed E-state index contributed by atoms with van der Waals surface area (Å²) >= 11 is 0. The number of benzene rings is 1. The molecule has 0 saturated heterocycles. The van der Waals surface area contributed by atoms with Crippen LogP contribution in [-0.4, -0.2) is 16.2 Å². The van der Waals surface area contributed by atoms with E-state index in [1.807, 2.05) is 0 Å². The Balaban J connectivity index is 3.26. The Labute approximate surface area is 76.0 Å². The van der Waals surface area contributed by atoms with Crippen molar-refractivity contribution in [1.82, 2.24) is 0 Å². The minimum Gasteiger partial charge on any atom is -0.508 e. The predicted molar refractivity (Wildman–Crippen MR) is 49.8 cm³/mol. The monoisotopic (exact) mass is 178 g/mol. The number of phenolic OH excluding ortho intramolecular Hbond substituents is 1. The van der Waals surface area contributed by atoms with Crippen LogP contribution in [0.15, 0.2) is 24.3 Å². The zero-order valence-electron chi connectivity index (χ0n) is 7.19. The van der Waals surface area contributed by atoms with Crippen LogP contribution in [0.2, 0.25) is 0 Å². The second-order valence-electron chi connectivity index (χ2n) is 2.58. The molecule has 0 bridgehead atoms. The Kier molecular flexibility index (Phi) is 2.69. The van der Waals surface area contributed by atoms with Gasteiger partial charge in [0.15, 0.2) is 0 Å². The maximum Gasteiger partial charge on any atom is 0.336 e. The van der Waals surface area contributed by atoms with Gasteiger partial charge in [-0.1, -0.05) is 18.2 Å². The fraction of sp³-hybridized carbons (Fsp3) is 0.100.